The number of hydrogen-bond acceptors (Lipinski definition) is 2. The lowest BCUT2D eigenvalue weighted by Crippen LogP contribution is -2.26. The van der Waals surface area contributed by atoms with E-state index in [1.165, 1.54) is 11.6 Å². The van der Waals surface area contributed by atoms with E-state index >= 15 is 0 Å². The maximum absolute atomic E-state index is 13.7. The lowest BCUT2D eigenvalue weighted by atomic mass is 9.96. The number of aromatic nitrogens is 1. The van der Waals surface area contributed by atoms with E-state index in [0.717, 1.165) is 42.0 Å². The number of fused-ring (bicyclic) bond motifs is 2. The van der Waals surface area contributed by atoms with Gasteiger partial charge in [0.2, 0.25) is 0 Å². The van der Waals surface area contributed by atoms with E-state index in [0.29, 0.717) is 17.4 Å². The summed E-state index contributed by atoms with van der Waals surface area (Å²) >= 11 is 0. The SMILES string of the molecule is O=C(Nc1ccc(F)c(F)c1)c1c2c(nc3ccccc13)CC[N+](Cc1ccccc1)=C2. The van der Waals surface area contributed by atoms with Crippen molar-refractivity contribution < 1.29 is 18.2 Å². The molecule has 4 aromatic rings. The molecule has 1 aromatic heterocycles. The van der Waals surface area contributed by atoms with Gasteiger partial charge in [-0.05, 0) is 18.2 Å². The molecule has 1 amide bonds. The van der Waals surface area contributed by atoms with Crippen molar-refractivity contribution in [2.45, 2.75) is 13.0 Å². The molecule has 0 unspecified atom stereocenters. The second-order valence-electron chi connectivity index (χ2n) is 7.78. The zero-order valence-electron chi connectivity index (χ0n) is 17.2. The van der Waals surface area contributed by atoms with Crippen LogP contribution in [0.5, 0.6) is 0 Å². The molecule has 0 fully saturated rings. The van der Waals surface area contributed by atoms with Crippen LogP contribution in [0.4, 0.5) is 14.5 Å². The van der Waals surface area contributed by atoms with Gasteiger partial charge < -0.3 is 5.32 Å². The molecule has 5 rings (SSSR count). The van der Waals surface area contributed by atoms with Gasteiger partial charge in [-0.3, -0.25) is 9.78 Å². The fourth-order valence-corrected chi connectivity index (χ4v) is 4.06. The van der Waals surface area contributed by atoms with E-state index in [2.05, 4.69) is 22.0 Å². The summed E-state index contributed by atoms with van der Waals surface area (Å²) in [4.78, 5) is 18.2. The Kier molecular flexibility index (Phi) is 5.19. The molecule has 0 saturated carbocycles. The van der Waals surface area contributed by atoms with Crippen molar-refractivity contribution in [3.05, 3.63) is 107 Å². The minimum absolute atomic E-state index is 0.195. The van der Waals surface area contributed by atoms with Crippen LogP contribution in [-0.2, 0) is 13.0 Å². The van der Waals surface area contributed by atoms with Gasteiger partial charge in [-0.15, -0.1) is 0 Å². The van der Waals surface area contributed by atoms with Crippen LogP contribution >= 0.6 is 0 Å². The van der Waals surface area contributed by atoms with Gasteiger partial charge >= 0.3 is 0 Å². The van der Waals surface area contributed by atoms with Crippen molar-refractivity contribution >= 4 is 28.7 Å². The van der Waals surface area contributed by atoms with Crippen molar-refractivity contribution in [3.63, 3.8) is 0 Å². The minimum Gasteiger partial charge on any atom is -0.322 e. The molecule has 0 aliphatic carbocycles. The van der Waals surface area contributed by atoms with Gasteiger partial charge in [0.25, 0.3) is 5.91 Å². The summed E-state index contributed by atoms with van der Waals surface area (Å²) in [6.07, 6.45) is 2.68. The molecule has 0 spiro atoms. The first-order valence-electron chi connectivity index (χ1n) is 10.4. The Hall–Kier alpha value is -3.93. The van der Waals surface area contributed by atoms with E-state index in [-0.39, 0.29) is 11.6 Å². The maximum atomic E-state index is 13.7. The lowest BCUT2D eigenvalue weighted by molar-refractivity contribution is -0.540. The molecule has 2 heterocycles. The molecule has 1 aliphatic rings. The van der Waals surface area contributed by atoms with Crippen LogP contribution in [0, 0.1) is 11.6 Å². The van der Waals surface area contributed by atoms with E-state index in [9.17, 15) is 13.6 Å². The lowest BCUT2D eigenvalue weighted by Gasteiger charge is -2.17. The summed E-state index contributed by atoms with van der Waals surface area (Å²) in [6, 6.07) is 20.9. The average molecular weight is 428 g/mol. The van der Waals surface area contributed by atoms with Crippen molar-refractivity contribution in [1.29, 1.82) is 0 Å². The predicted molar refractivity (Wildman–Crippen MR) is 120 cm³/mol. The Morgan fingerprint density at radius 2 is 1.75 bits per heavy atom. The van der Waals surface area contributed by atoms with Gasteiger partial charge in [0.05, 0.1) is 22.3 Å². The molecule has 0 bridgehead atoms. The third-order valence-corrected chi connectivity index (χ3v) is 5.59. The number of nitrogens with zero attached hydrogens (tertiary/aromatic N) is 2. The molecule has 3 aromatic carbocycles. The molecule has 158 valence electrons. The van der Waals surface area contributed by atoms with E-state index in [1.54, 1.807) is 0 Å². The fraction of sp³-hybridized carbons (Fsp3) is 0.115. The van der Waals surface area contributed by atoms with Crippen LogP contribution in [0.15, 0.2) is 72.8 Å². The number of para-hydroxylation sites is 1. The summed E-state index contributed by atoms with van der Waals surface area (Å²) in [6.45, 7) is 1.51. The molecule has 0 radical (unpaired) electrons. The molecule has 0 saturated heterocycles. The second kappa shape index (κ2) is 8.30. The monoisotopic (exact) mass is 428 g/mol. The van der Waals surface area contributed by atoms with Crippen LogP contribution in [-0.4, -0.2) is 28.2 Å². The van der Waals surface area contributed by atoms with Gasteiger partial charge in [0, 0.05) is 29.1 Å². The Balaban J connectivity index is 1.59. The predicted octanol–water partition coefficient (Wildman–Crippen LogP) is 4.95. The van der Waals surface area contributed by atoms with Crippen molar-refractivity contribution in [3.8, 4) is 0 Å². The van der Waals surface area contributed by atoms with Crippen LogP contribution < -0.4 is 5.32 Å². The highest BCUT2D eigenvalue weighted by Crippen LogP contribution is 2.26. The maximum Gasteiger partial charge on any atom is 0.257 e. The average Bonchev–Trinajstić information content (AvgIpc) is 2.80. The first-order chi connectivity index (χ1) is 15.6. The highest BCUT2D eigenvalue weighted by molar-refractivity contribution is 6.17. The van der Waals surface area contributed by atoms with Gasteiger partial charge in [0.15, 0.2) is 24.4 Å². The number of rotatable bonds is 4. The highest BCUT2D eigenvalue weighted by atomic mass is 19.2. The van der Waals surface area contributed by atoms with Crippen LogP contribution in [0.25, 0.3) is 10.9 Å². The molecule has 1 aliphatic heterocycles. The number of carbonyl (C=O) groups excluding carboxylic acids is 1. The molecule has 1 N–H and O–H groups in total. The Morgan fingerprint density at radius 3 is 2.56 bits per heavy atom. The quantitative estimate of drug-likeness (QED) is 0.468. The molecular weight excluding hydrogens is 408 g/mol. The number of hydrogen-bond donors (Lipinski definition) is 1. The zero-order chi connectivity index (χ0) is 22.1. The van der Waals surface area contributed by atoms with Crippen molar-refractivity contribution in [2.75, 3.05) is 11.9 Å². The normalized spacial score (nSPS) is 12.9. The summed E-state index contributed by atoms with van der Waals surface area (Å²) in [5, 5.41) is 3.43. The topological polar surface area (TPSA) is 45.0 Å². The smallest absolute Gasteiger partial charge is 0.257 e. The summed E-state index contributed by atoms with van der Waals surface area (Å²) in [5.74, 6) is -2.35. The molecule has 32 heavy (non-hydrogen) atoms. The summed E-state index contributed by atoms with van der Waals surface area (Å²) in [5.41, 5.74) is 4.18. The van der Waals surface area contributed by atoms with Gasteiger partial charge in [-0.2, -0.15) is 0 Å². The number of halogens is 2. The van der Waals surface area contributed by atoms with Gasteiger partial charge in [0.1, 0.15) is 6.54 Å². The first-order valence-corrected chi connectivity index (χ1v) is 10.4. The molecule has 6 heteroatoms. The third kappa shape index (κ3) is 3.87. The standard InChI is InChI=1S/C26H19F2N3O/c27-21-11-10-18(14-22(21)28)29-26(32)25-19-8-4-5-9-23(19)30-24-12-13-31(16-20(24)25)15-17-6-2-1-3-7-17/h1-11,14,16H,12-13,15H2/p+1. The van der Waals surface area contributed by atoms with Crippen LogP contribution in [0.2, 0.25) is 0 Å². The minimum atomic E-state index is -1.01. The number of amides is 1. The molecular formula is C26H20F2N3O+. The number of benzene rings is 3. The van der Waals surface area contributed by atoms with Gasteiger partial charge in [-0.25, -0.2) is 13.4 Å². The van der Waals surface area contributed by atoms with E-state index < -0.39 is 11.6 Å². The largest absolute Gasteiger partial charge is 0.322 e. The van der Waals surface area contributed by atoms with Crippen molar-refractivity contribution in [2.24, 2.45) is 0 Å². The zero-order valence-corrected chi connectivity index (χ0v) is 17.2. The number of pyridine rings is 1. The Bertz CT molecular complexity index is 1370. The van der Waals surface area contributed by atoms with E-state index in [4.69, 9.17) is 4.98 Å². The summed E-state index contributed by atoms with van der Waals surface area (Å²) < 4.78 is 29.1. The van der Waals surface area contributed by atoms with E-state index in [1.807, 2.05) is 48.7 Å². The number of carbonyl (C=O) groups is 1. The fourth-order valence-electron chi connectivity index (χ4n) is 4.06. The third-order valence-electron chi connectivity index (χ3n) is 5.59. The Labute approximate surface area is 183 Å². The van der Waals surface area contributed by atoms with Crippen molar-refractivity contribution in [1.82, 2.24) is 4.98 Å². The Morgan fingerprint density at radius 1 is 0.969 bits per heavy atom. The molecule has 0 atom stereocenters. The second-order valence-corrected chi connectivity index (χ2v) is 7.78. The van der Waals surface area contributed by atoms with Crippen LogP contribution in [0.1, 0.15) is 27.2 Å². The first kappa shape index (κ1) is 20.0. The van der Waals surface area contributed by atoms with Gasteiger partial charge in [-0.1, -0.05) is 48.5 Å². The summed E-state index contributed by atoms with van der Waals surface area (Å²) in [7, 11) is 0. The molecule has 4 nitrogen and oxygen atoms in total. The number of nitrogens with one attached hydrogen (secondary N) is 1. The number of anilines is 1. The van der Waals surface area contributed by atoms with Crippen LogP contribution in [0.3, 0.4) is 0 Å². The highest BCUT2D eigenvalue weighted by Gasteiger charge is 2.26.